The van der Waals surface area contributed by atoms with Gasteiger partial charge in [0.05, 0.1) is 12.3 Å². The van der Waals surface area contributed by atoms with Gasteiger partial charge < -0.3 is 4.74 Å². The third-order valence-electron chi connectivity index (χ3n) is 5.42. The Hall–Kier alpha value is -0.510. The predicted octanol–water partition coefficient (Wildman–Crippen LogP) is 7.07. The number of carbonyl (C=O) groups is 2. The van der Waals surface area contributed by atoms with E-state index in [1.54, 1.807) is 11.8 Å². The van der Waals surface area contributed by atoms with Crippen LogP contribution in [0.2, 0.25) is 0 Å². The molecule has 0 spiro atoms. The molecule has 3 nitrogen and oxygen atoms in total. The van der Waals surface area contributed by atoms with Gasteiger partial charge in [0.25, 0.3) is 0 Å². The van der Waals surface area contributed by atoms with E-state index >= 15 is 0 Å². The lowest BCUT2D eigenvalue weighted by Crippen LogP contribution is -2.10. The van der Waals surface area contributed by atoms with E-state index in [9.17, 15) is 9.59 Å². The van der Waals surface area contributed by atoms with Crippen LogP contribution in [0.3, 0.4) is 0 Å². The van der Waals surface area contributed by atoms with Crippen molar-refractivity contribution in [2.45, 2.75) is 116 Å². The number of unbranched alkanes of at least 4 members (excludes halogenated alkanes) is 15. The third kappa shape index (κ3) is 14.2. The summed E-state index contributed by atoms with van der Waals surface area (Å²) in [7, 11) is 0. The summed E-state index contributed by atoms with van der Waals surface area (Å²) in [6.45, 7) is 2.28. The molecule has 0 saturated carbocycles. The first-order valence-electron chi connectivity index (χ1n) is 11.6. The minimum absolute atomic E-state index is 0.191. The summed E-state index contributed by atoms with van der Waals surface area (Å²) in [4.78, 5) is 22.3. The van der Waals surface area contributed by atoms with Crippen LogP contribution in [0.5, 0.6) is 0 Å². The van der Waals surface area contributed by atoms with Crippen LogP contribution in [0.15, 0.2) is 0 Å². The zero-order valence-corrected chi connectivity index (χ0v) is 18.5. The normalized spacial score (nSPS) is 16.9. The van der Waals surface area contributed by atoms with Gasteiger partial charge in [-0.1, -0.05) is 103 Å². The van der Waals surface area contributed by atoms with E-state index in [1.807, 2.05) is 0 Å². The van der Waals surface area contributed by atoms with Gasteiger partial charge in [-0.2, -0.15) is 11.8 Å². The highest BCUT2D eigenvalue weighted by atomic mass is 32.2. The van der Waals surface area contributed by atoms with E-state index in [-0.39, 0.29) is 24.3 Å². The molecule has 158 valence electrons. The standard InChI is InChI=1S/C23H42O3S/c1-2-3-4-5-6-7-8-9-10-11-12-13-14-15-16-17-18-27-20-21-19-22(24)26-23(21)25/h21H,2-20H2,1H3. The maximum Gasteiger partial charge on any atom is 0.318 e. The van der Waals surface area contributed by atoms with E-state index in [0.29, 0.717) is 0 Å². The second-order valence-electron chi connectivity index (χ2n) is 8.07. The number of hydrogen-bond acceptors (Lipinski definition) is 4. The zero-order valence-electron chi connectivity index (χ0n) is 17.6. The maximum atomic E-state index is 11.3. The Morgan fingerprint density at radius 2 is 1.19 bits per heavy atom. The van der Waals surface area contributed by atoms with Crippen LogP contribution >= 0.6 is 11.8 Å². The van der Waals surface area contributed by atoms with Gasteiger partial charge in [0, 0.05) is 5.75 Å². The number of cyclic esters (lactones) is 2. The summed E-state index contributed by atoms with van der Waals surface area (Å²) in [6, 6.07) is 0. The first-order chi connectivity index (χ1) is 13.2. The predicted molar refractivity (Wildman–Crippen MR) is 116 cm³/mol. The van der Waals surface area contributed by atoms with Crippen LogP contribution in [0, 0.1) is 5.92 Å². The fraction of sp³-hybridized carbons (Fsp3) is 0.913. The largest absolute Gasteiger partial charge is 0.393 e. The minimum Gasteiger partial charge on any atom is -0.393 e. The van der Waals surface area contributed by atoms with Crippen LogP contribution in [-0.2, 0) is 14.3 Å². The summed E-state index contributed by atoms with van der Waals surface area (Å²) < 4.78 is 4.57. The van der Waals surface area contributed by atoms with Gasteiger partial charge in [-0.25, -0.2) is 0 Å². The van der Waals surface area contributed by atoms with Crippen LogP contribution < -0.4 is 0 Å². The molecule has 1 atom stereocenters. The summed E-state index contributed by atoms with van der Waals surface area (Å²) in [5.41, 5.74) is 0. The SMILES string of the molecule is CCCCCCCCCCCCCCCCCCSCC1CC(=O)OC1=O. The van der Waals surface area contributed by atoms with Gasteiger partial charge in [0.1, 0.15) is 0 Å². The second-order valence-corrected chi connectivity index (χ2v) is 9.22. The topological polar surface area (TPSA) is 43.4 Å². The molecule has 0 aromatic heterocycles. The van der Waals surface area contributed by atoms with Crippen LogP contribution in [0.4, 0.5) is 0 Å². The molecule has 0 aliphatic carbocycles. The third-order valence-corrected chi connectivity index (χ3v) is 6.64. The van der Waals surface area contributed by atoms with E-state index in [2.05, 4.69) is 11.7 Å². The fourth-order valence-electron chi connectivity index (χ4n) is 3.63. The quantitative estimate of drug-likeness (QED) is 0.132. The maximum absolute atomic E-state index is 11.3. The Balaban J connectivity index is 1.70. The lowest BCUT2D eigenvalue weighted by Gasteiger charge is -2.05. The average molecular weight is 399 g/mol. The van der Waals surface area contributed by atoms with Gasteiger partial charge in [-0.15, -0.1) is 0 Å². The van der Waals surface area contributed by atoms with Gasteiger partial charge in [-0.05, 0) is 12.2 Å². The number of rotatable bonds is 19. The first kappa shape index (κ1) is 24.5. The Morgan fingerprint density at radius 1 is 0.741 bits per heavy atom. The molecule has 0 radical (unpaired) electrons. The Kier molecular flexibility index (Phi) is 16.0. The van der Waals surface area contributed by atoms with E-state index in [0.717, 1.165) is 11.5 Å². The Morgan fingerprint density at radius 3 is 1.59 bits per heavy atom. The number of ether oxygens (including phenoxy) is 1. The van der Waals surface area contributed by atoms with Crippen LogP contribution in [-0.4, -0.2) is 23.4 Å². The van der Waals surface area contributed by atoms with Gasteiger partial charge in [0.15, 0.2) is 0 Å². The molecule has 0 bridgehead atoms. The van der Waals surface area contributed by atoms with Crippen molar-refractivity contribution in [3.05, 3.63) is 0 Å². The molecule has 1 aliphatic heterocycles. The van der Waals surface area contributed by atoms with Crippen molar-refractivity contribution in [1.29, 1.82) is 0 Å². The Bertz CT molecular complexity index is 384. The molecule has 0 aromatic carbocycles. The van der Waals surface area contributed by atoms with Crippen molar-refractivity contribution in [3.63, 3.8) is 0 Å². The minimum atomic E-state index is -0.354. The summed E-state index contributed by atoms with van der Waals surface area (Å²) in [5.74, 6) is 0.968. The number of thioether (sulfide) groups is 1. The monoisotopic (exact) mass is 398 g/mol. The lowest BCUT2D eigenvalue weighted by atomic mass is 10.0. The smallest absolute Gasteiger partial charge is 0.318 e. The molecular formula is C23H42O3S. The van der Waals surface area contributed by atoms with Gasteiger partial charge in [-0.3, -0.25) is 9.59 Å². The second kappa shape index (κ2) is 17.6. The molecule has 1 aliphatic rings. The lowest BCUT2D eigenvalue weighted by molar-refractivity contribution is -0.152. The summed E-state index contributed by atoms with van der Waals surface area (Å²) in [5, 5.41) is 0. The van der Waals surface area contributed by atoms with E-state index < -0.39 is 0 Å². The molecule has 0 amide bonds. The molecule has 0 N–H and O–H groups in total. The van der Waals surface area contributed by atoms with E-state index in [4.69, 9.17) is 0 Å². The summed E-state index contributed by atoms with van der Waals surface area (Å²) >= 11 is 1.79. The van der Waals surface area contributed by atoms with Crippen LogP contribution in [0.1, 0.15) is 116 Å². The van der Waals surface area contributed by atoms with Crippen molar-refractivity contribution in [1.82, 2.24) is 0 Å². The first-order valence-corrected chi connectivity index (χ1v) is 12.7. The molecule has 1 unspecified atom stereocenters. The van der Waals surface area contributed by atoms with Crippen molar-refractivity contribution in [2.75, 3.05) is 11.5 Å². The van der Waals surface area contributed by atoms with Crippen LogP contribution in [0.25, 0.3) is 0 Å². The molecule has 1 fully saturated rings. The molecule has 27 heavy (non-hydrogen) atoms. The molecule has 1 saturated heterocycles. The van der Waals surface area contributed by atoms with Crippen molar-refractivity contribution < 1.29 is 14.3 Å². The number of esters is 2. The van der Waals surface area contributed by atoms with E-state index in [1.165, 1.54) is 103 Å². The molecule has 1 rings (SSSR count). The molecular weight excluding hydrogens is 356 g/mol. The highest BCUT2D eigenvalue weighted by molar-refractivity contribution is 7.99. The Labute approximate surface area is 171 Å². The van der Waals surface area contributed by atoms with Gasteiger partial charge in [0.2, 0.25) is 0 Å². The fourth-order valence-corrected chi connectivity index (χ4v) is 4.74. The average Bonchev–Trinajstić information content (AvgIpc) is 2.98. The zero-order chi connectivity index (χ0) is 19.6. The van der Waals surface area contributed by atoms with Crippen molar-refractivity contribution >= 4 is 23.7 Å². The highest BCUT2D eigenvalue weighted by Gasteiger charge is 2.32. The van der Waals surface area contributed by atoms with Crippen molar-refractivity contribution in [3.8, 4) is 0 Å². The molecule has 1 heterocycles. The number of carbonyl (C=O) groups excluding carboxylic acids is 2. The highest BCUT2D eigenvalue weighted by Crippen LogP contribution is 2.21. The summed E-state index contributed by atoms with van der Waals surface area (Å²) in [6.07, 6.45) is 22.5. The molecule has 0 aromatic rings. The molecule has 4 heteroatoms. The van der Waals surface area contributed by atoms with Crippen molar-refractivity contribution in [2.24, 2.45) is 5.92 Å². The van der Waals surface area contributed by atoms with Gasteiger partial charge >= 0.3 is 11.9 Å². The number of hydrogen-bond donors (Lipinski definition) is 0.